The number of aromatic carboxylic acids is 1. The van der Waals surface area contributed by atoms with Gasteiger partial charge in [0, 0.05) is 17.3 Å². The van der Waals surface area contributed by atoms with E-state index in [9.17, 15) is 19.8 Å². The molecular formula is C15H13NO5. The van der Waals surface area contributed by atoms with Gasteiger partial charge in [0.2, 0.25) is 0 Å². The molecule has 0 saturated heterocycles. The van der Waals surface area contributed by atoms with Gasteiger partial charge in [-0.2, -0.15) is 0 Å². The Morgan fingerprint density at radius 2 is 1.90 bits per heavy atom. The van der Waals surface area contributed by atoms with Crippen LogP contribution in [0.15, 0.2) is 36.5 Å². The summed E-state index contributed by atoms with van der Waals surface area (Å²) >= 11 is 0. The van der Waals surface area contributed by atoms with Gasteiger partial charge in [-0.25, -0.2) is 9.59 Å². The van der Waals surface area contributed by atoms with Gasteiger partial charge in [-0.15, -0.1) is 0 Å². The van der Waals surface area contributed by atoms with Crippen LogP contribution in [0.5, 0.6) is 0 Å². The third-order valence-corrected chi connectivity index (χ3v) is 3.03. The summed E-state index contributed by atoms with van der Waals surface area (Å²) in [7, 11) is 1.24. The van der Waals surface area contributed by atoms with Gasteiger partial charge in [-0.05, 0) is 18.2 Å². The molecule has 2 rings (SSSR count). The van der Waals surface area contributed by atoms with Crippen molar-refractivity contribution in [3.8, 4) is 11.3 Å². The average Bonchev–Trinajstić information content (AvgIpc) is 2.53. The molecule has 0 aliphatic rings. The molecule has 6 nitrogen and oxygen atoms in total. The number of nitrogens with zero attached hydrogens (tertiary/aromatic N) is 1. The zero-order valence-electron chi connectivity index (χ0n) is 11.2. The van der Waals surface area contributed by atoms with E-state index in [0.29, 0.717) is 5.56 Å². The predicted molar refractivity (Wildman–Crippen MR) is 73.9 cm³/mol. The lowest BCUT2D eigenvalue weighted by molar-refractivity contribution is 0.0596. The molecule has 0 radical (unpaired) electrons. The fraction of sp³-hybridized carbons (Fsp3) is 0.133. The summed E-state index contributed by atoms with van der Waals surface area (Å²) in [6.45, 7) is -0.434. The number of carbonyl (C=O) groups is 2. The second-order valence-corrected chi connectivity index (χ2v) is 4.19. The molecule has 0 amide bonds. The van der Waals surface area contributed by atoms with Crippen LogP contribution >= 0.6 is 0 Å². The number of aliphatic hydroxyl groups excluding tert-OH is 1. The number of hydrogen-bond donors (Lipinski definition) is 2. The summed E-state index contributed by atoms with van der Waals surface area (Å²) in [4.78, 5) is 27.1. The molecule has 0 bridgehead atoms. The lowest BCUT2D eigenvalue weighted by Crippen LogP contribution is -2.09. The highest BCUT2D eigenvalue weighted by molar-refractivity contribution is 5.98. The maximum absolute atomic E-state index is 11.7. The molecule has 2 aromatic rings. The number of benzene rings is 1. The van der Waals surface area contributed by atoms with E-state index in [0.717, 1.165) is 0 Å². The van der Waals surface area contributed by atoms with E-state index in [2.05, 4.69) is 9.72 Å². The second kappa shape index (κ2) is 6.15. The largest absolute Gasteiger partial charge is 0.478 e. The molecule has 1 aromatic carbocycles. The van der Waals surface area contributed by atoms with Crippen molar-refractivity contribution in [1.29, 1.82) is 0 Å². The maximum Gasteiger partial charge on any atom is 0.338 e. The van der Waals surface area contributed by atoms with Crippen LogP contribution < -0.4 is 0 Å². The van der Waals surface area contributed by atoms with Crippen molar-refractivity contribution in [2.45, 2.75) is 6.61 Å². The summed E-state index contributed by atoms with van der Waals surface area (Å²) in [5.74, 6) is -1.74. The van der Waals surface area contributed by atoms with Gasteiger partial charge < -0.3 is 14.9 Å². The van der Waals surface area contributed by atoms with Crippen LogP contribution in [0.2, 0.25) is 0 Å². The fourth-order valence-electron chi connectivity index (χ4n) is 2.07. The molecule has 0 spiro atoms. The van der Waals surface area contributed by atoms with Gasteiger partial charge in [0.15, 0.2) is 0 Å². The number of pyridine rings is 1. The fourth-order valence-corrected chi connectivity index (χ4v) is 2.07. The molecule has 0 saturated carbocycles. The predicted octanol–water partition coefficient (Wildman–Crippen LogP) is 1.73. The van der Waals surface area contributed by atoms with Gasteiger partial charge in [-0.1, -0.05) is 12.1 Å². The molecule has 6 heteroatoms. The van der Waals surface area contributed by atoms with Crippen molar-refractivity contribution >= 4 is 11.9 Å². The third-order valence-electron chi connectivity index (χ3n) is 3.03. The number of methoxy groups -OCH3 is 1. The van der Waals surface area contributed by atoms with E-state index >= 15 is 0 Å². The quantitative estimate of drug-likeness (QED) is 0.831. The van der Waals surface area contributed by atoms with E-state index in [4.69, 9.17) is 0 Å². The molecule has 0 atom stereocenters. The van der Waals surface area contributed by atoms with Crippen LogP contribution in [-0.4, -0.2) is 34.2 Å². The van der Waals surface area contributed by atoms with E-state index in [1.807, 2.05) is 0 Å². The van der Waals surface area contributed by atoms with Gasteiger partial charge in [0.05, 0.1) is 30.5 Å². The SMILES string of the molecule is COC(=O)c1cccc(-c2ncccc2C(=O)O)c1CO. The topological polar surface area (TPSA) is 96.7 Å². The van der Waals surface area contributed by atoms with E-state index in [-0.39, 0.29) is 22.4 Å². The van der Waals surface area contributed by atoms with Crippen molar-refractivity contribution in [2.75, 3.05) is 7.11 Å². The van der Waals surface area contributed by atoms with E-state index in [1.165, 1.54) is 31.5 Å². The smallest absolute Gasteiger partial charge is 0.338 e. The average molecular weight is 287 g/mol. The second-order valence-electron chi connectivity index (χ2n) is 4.19. The Hall–Kier alpha value is -2.73. The zero-order chi connectivity index (χ0) is 15.4. The number of aromatic nitrogens is 1. The molecule has 108 valence electrons. The van der Waals surface area contributed by atoms with Crippen molar-refractivity contribution in [3.05, 3.63) is 53.2 Å². The molecule has 2 N–H and O–H groups in total. The number of esters is 1. The number of aliphatic hydroxyl groups is 1. The first-order chi connectivity index (χ1) is 10.1. The Balaban J connectivity index is 2.71. The number of rotatable bonds is 4. The van der Waals surface area contributed by atoms with Gasteiger partial charge in [-0.3, -0.25) is 4.98 Å². The standard InChI is InChI=1S/C15H13NO5/c1-21-15(20)10-5-2-4-9(12(10)8-17)13-11(14(18)19)6-3-7-16-13/h2-7,17H,8H2,1H3,(H,18,19). The minimum Gasteiger partial charge on any atom is -0.478 e. The van der Waals surface area contributed by atoms with Crippen LogP contribution in [0.3, 0.4) is 0 Å². The Kier molecular flexibility index (Phi) is 4.30. The van der Waals surface area contributed by atoms with E-state index < -0.39 is 18.5 Å². The number of carbonyl (C=O) groups excluding carboxylic acids is 1. The molecule has 0 unspecified atom stereocenters. The van der Waals surface area contributed by atoms with Crippen molar-refractivity contribution < 1.29 is 24.5 Å². The number of carboxylic acid groups (broad SMARTS) is 1. The Labute approximate surface area is 120 Å². The van der Waals surface area contributed by atoms with Gasteiger partial charge in [0.25, 0.3) is 0 Å². The lowest BCUT2D eigenvalue weighted by atomic mass is 9.96. The van der Waals surface area contributed by atoms with E-state index in [1.54, 1.807) is 12.1 Å². The van der Waals surface area contributed by atoms with Crippen LogP contribution in [0.25, 0.3) is 11.3 Å². The first-order valence-electron chi connectivity index (χ1n) is 6.10. The van der Waals surface area contributed by atoms with Crippen LogP contribution in [0.1, 0.15) is 26.3 Å². The van der Waals surface area contributed by atoms with Crippen LogP contribution in [0, 0.1) is 0 Å². The molecular weight excluding hydrogens is 274 g/mol. The Morgan fingerprint density at radius 3 is 2.52 bits per heavy atom. The van der Waals surface area contributed by atoms with Crippen LogP contribution in [-0.2, 0) is 11.3 Å². The molecule has 0 aliphatic heterocycles. The first kappa shape index (κ1) is 14.7. The number of hydrogen-bond acceptors (Lipinski definition) is 5. The molecule has 0 aliphatic carbocycles. The summed E-state index contributed by atoms with van der Waals surface area (Å²) in [6, 6.07) is 7.62. The Bertz CT molecular complexity index is 696. The van der Waals surface area contributed by atoms with Gasteiger partial charge >= 0.3 is 11.9 Å². The molecule has 21 heavy (non-hydrogen) atoms. The number of ether oxygens (including phenoxy) is 1. The summed E-state index contributed by atoms with van der Waals surface area (Å²) in [6.07, 6.45) is 1.45. The minimum atomic E-state index is -1.13. The highest BCUT2D eigenvalue weighted by Gasteiger charge is 2.20. The third kappa shape index (κ3) is 2.75. The van der Waals surface area contributed by atoms with Crippen LogP contribution in [0.4, 0.5) is 0 Å². The summed E-state index contributed by atoms with van der Waals surface area (Å²) in [5.41, 5.74) is 1.04. The lowest BCUT2D eigenvalue weighted by Gasteiger charge is -2.12. The van der Waals surface area contributed by atoms with Crippen molar-refractivity contribution in [1.82, 2.24) is 4.98 Å². The summed E-state index contributed by atoms with van der Waals surface area (Å²) < 4.78 is 4.66. The first-order valence-corrected chi connectivity index (χ1v) is 6.10. The monoisotopic (exact) mass is 287 g/mol. The van der Waals surface area contributed by atoms with Crippen molar-refractivity contribution in [2.24, 2.45) is 0 Å². The molecule has 0 fully saturated rings. The molecule has 1 aromatic heterocycles. The number of carboxylic acids is 1. The summed E-state index contributed by atoms with van der Waals surface area (Å²) in [5, 5.41) is 18.8. The van der Waals surface area contributed by atoms with Gasteiger partial charge in [0.1, 0.15) is 0 Å². The molecule has 1 heterocycles. The maximum atomic E-state index is 11.7. The highest BCUT2D eigenvalue weighted by Crippen LogP contribution is 2.28. The zero-order valence-corrected chi connectivity index (χ0v) is 11.2. The Morgan fingerprint density at radius 1 is 1.19 bits per heavy atom. The van der Waals surface area contributed by atoms with Crippen molar-refractivity contribution in [3.63, 3.8) is 0 Å². The minimum absolute atomic E-state index is 0.00536. The highest BCUT2D eigenvalue weighted by atomic mass is 16.5. The normalized spacial score (nSPS) is 10.2.